The van der Waals surface area contributed by atoms with E-state index < -0.39 is 12.3 Å². The molecule has 1 aliphatic rings. The minimum atomic E-state index is -4.83. The van der Waals surface area contributed by atoms with Crippen molar-refractivity contribution in [3.8, 4) is 0 Å². The van der Waals surface area contributed by atoms with Crippen molar-refractivity contribution in [2.24, 2.45) is 0 Å². The Morgan fingerprint density at radius 3 is 2.28 bits per heavy atom. The number of nitrogens with zero attached hydrogens (tertiary/aromatic N) is 3. The number of alkyl halides is 3. The van der Waals surface area contributed by atoms with E-state index in [1.54, 1.807) is 9.47 Å². The number of fused-ring (bicyclic) bond motifs is 3. The van der Waals surface area contributed by atoms with E-state index in [-0.39, 0.29) is 31.7 Å². The number of aryl methyl sites for hydroxylation is 1. The van der Waals surface area contributed by atoms with Crippen molar-refractivity contribution in [2.75, 3.05) is 11.4 Å². The molecule has 4 rings (SSSR count). The lowest BCUT2D eigenvalue weighted by atomic mass is 10.1. The maximum Gasteiger partial charge on any atom is 0.418 e. The number of halogens is 7. The van der Waals surface area contributed by atoms with Gasteiger partial charge in [0.05, 0.1) is 26.3 Å². The van der Waals surface area contributed by atoms with E-state index in [1.165, 1.54) is 24.3 Å². The number of hydrogen-bond donors (Lipinski definition) is 1. The number of aliphatic hydroxyl groups is 1. The third-order valence-electron chi connectivity index (χ3n) is 4.72. The quantitative estimate of drug-likeness (QED) is 0.435. The highest BCUT2D eigenvalue weighted by atomic mass is 35.5. The van der Waals surface area contributed by atoms with Crippen molar-refractivity contribution < 1.29 is 18.3 Å². The molecule has 4 nitrogen and oxygen atoms in total. The average Bonchev–Trinajstić information content (AvgIpc) is 3.01. The first-order valence-electron chi connectivity index (χ1n) is 8.45. The lowest BCUT2D eigenvalue weighted by Crippen LogP contribution is -2.29. The van der Waals surface area contributed by atoms with Gasteiger partial charge in [-0.15, -0.1) is 0 Å². The molecule has 1 unspecified atom stereocenters. The van der Waals surface area contributed by atoms with E-state index in [0.717, 1.165) is 0 Å². The molecule has 1 aromatic heterocycles. The van der Waals surface area contributed by atoms with Crippen molar-refractivity contribution in [2.45, 2.75) is 25.2 Å². The van der Waals surface area contributed by atoms with Crippen molar-refractivity contribution in [3.63, 3.8) is 0 Å². The molecule has 0 saturated heterocycles. The summed E-state index contributed by atoms with van der Waals surface area (Å²) in [5.74, 6) is 0.334. The van der Waals surface area contributed by atoms with Gasteiger partial charge in [-0.25, -0.2) is 4.98 Å². The lowest BCUT2D eigenvalue weighted by molar-refractivity contribution is -0.206. The predicted octanol–water partition coefficient (Wildman–Crippen LogP) is 6.79. The van der Waals surface area contributed by atoms with Crippen LogP contribution in [-0.2, 0) is 6.54 Å². The van der Waals surface area contributed by atoms with Crippen LogP contribution < -0.4 is 4.90 Å². The lowest BCUT2D eigenvalue weighted by Gasteiger charge is -2.31. The normalized spacial score (nSPS) is 15.7. The maximum absolute atomic E-state index is 13.2. The van der Waals surface area contributed by atoms with Crippen LogP contribution in [-0.4, -0.2) is 27.4 Å². The van der Waals surface area contributed by atoms with E-state index in [4.69, 9.17) is 46.4 Å². The molecule has 29 heavy (non-hydrogen) atoms. The van der Waals surface area contributed by atoms with Crippen LogP contribution in [0.4, 0.5) is 24.8 Å². The van der Waals surface area contributed by atoms with E-state index in [2.05, 4.69) is 4.98 Å². The summed E-state index contributed by atoms with van der Waals surface area (Å²) < 4.78 is 41.2. The summed E-state index contributed by atoms with van der Waals surface area (Å²) in [6, 6.07) is 5.51. The Morgan fingerprint density at radius 1 is 1.00 bits per heavy atom. The number of benzene rings is 2. The van der Waals surface area contributed by atoms with Gasteiger partial charge in [0, 0.05) is 23.7 Å². The van der Waals surface area contributed by atoms with Gasteiger partial charge in [-0.1, -0.05) is 52.5 Å². The molecule has 1 N–H and O–H groups in total. The van der Waals surface area contributed by atoms with E-state index in [9.17, 15) is 18.3 Å². The molecular weight excluding hydrogens is 473 g/mol. The fourth-order valence-electron chi connectivity index (χ4n) is 3.53. The Labute approximate surface area is 183 Å². The van der Waals surface area contributed by atoms with Gasteiger partial charge in [0.25, 0.3) is 0 Å². The van der Waals surface area contributed by atoms with Gasteiger partial charge in [-0.2, -0.15) is 13.2 Å². The van der Waals surface area contributed by atoms with Gasteiger partial charge >= 0.3 is 6.18 Å². The summed E-state index contributed by atoms with van der Waals surface area (Å²) in [7, 11) is 0. The highest BCUT2D eigenvalue weighted by molar-refractivity contribution is 6.42. The zero-order valence-electron chi connectivity index (χ0n) is 14.4. The molecule has 154 valence electrons. The Morgan fingerprint density at radius 2 is 1.66 bits per heavy atom. The van der Waals surface area contributed by atoms with Crippen LogP contribution >= 0.6 is 46.4 Å². The first-order chi connectivity index (χ1) is 13.6. The van der Waals surface area contributed by atoms with Gasteiger partial charge in [-0.05, 0) is 24.6 Å². The van der Waals surface area contributed by atoms with Crippen molar-refractivity contribution >= 4 is 69.1 Å². The first kappa shape index (κ1) is 20.9. The summed E-state index contributed by atoms with van der Waals surface area (Å²) in [5, 5.41) is 11.0. The van der Waals surface area contributed by atoms with Crippen LogP contribution in [0.3, 0.4) is 0 Å². The van der Waals surface area contributed by atoms with Crippen molar-refractivity contribution in [1.82, 2.24) is 9.55 Å². The molecule has 0 bridgehead atoms. The zero-order valence-corrected chi connectivity index (χ0v) is 17.5. The Kier molecular flexibility index (Phi) is 5.32. The molecule has 0 fully saturated rings. The largest absolute Gasteiger partial charge is 0.418 e. The molecule has 3 aromatic rings. The summed E-state index contributed by atoms with van der Waals surface area (Å²) in [6.45, 7) is 0.877. The fraction of sp³-hybridized carbons (Fsp3) is 0.278. The van der Waals surface area contributed by atoms with Gasteiger partial charge in [0.1, 0.15) is 5.52 Å². The topological polar surface area (TPSA) is 41.3 Å². The SMILES string of the molecule is OC(c1ccc(Cl)c2nc3n(c12)CCCN3c1c(Cl)cc(Cl)cc1Cl)C(F)(F)F. The predicted molar refractivity (Wildman–Crippen MR) is 109 cm³/mol. The van der Waals surface area contributed by atoms with Crippen LogP contribution in [0.25, 0.3) is 11.0 Å². The molecule has 0 spiro atoms. The molecule has 0 amide bonds. The maximum atomic E-state index is 13.2. The molecule has 1 atom stereocenters. The number of rotatable bonds is 2. The molecule has 11 heteroatoms. The second-order valence-corrected chi connectivity index (χ2v) is 8.22. The second kappa shape index (κ2) is 7.39. The highest BCUT2D eigenvalue weighted by Crippen LogP contribution is 2.45. The number of imidazole rings is 1. The summed E-state index contributed by atoms with van der Waals surface area (Å²) in [4.78, 5) is 6.18. The Bertz CT molecular complexity index is 1090. The summed E-state index contributed by atoms with van der Waals surface area (Å²) in [5.41, 5.74) is 0.424. The van der Waals surface area contributed by atoms with Crippen LogP contribution in [0.5, 0.6) is 0 Å². The molecule has 2 aromatic carbocycles. The van der Waals surface area contributed by atoms with Crippen LogP contribution in [0.1, 0.15) is 18.1 Å². The van der Waals surface area contributed by atoms with Gasteiger partial charge in [-0.3, -0.25) is 0 Å². The van der Waals surface area contributed by atoms with Gasteiger partial charge in [0.15, 0.2) is 6.10 Å². The highest BCUT2D eigenvalue weighted by Gasteiger charge is 2.41. The minimum absolute atomic E-state index is 0.128. The zero-order chi connectivity index (χ0) is 21.1. The van der Waals surface area contributed by atoms with Crippen LogP contribution in [0.2, 0.25) is 20.1 Å². The molecule has 2 heterocycles. The Balaban J connectivity index is 1.97. The average molecular weight is 485 g/mol. The second-order valence-electron chi connectivity index (χ2n) is 6.56. The fourth-order valence-corrected chi connectivity index (χ4v) is 4.74. The third kappa shape index (κ3) is 3.53. The van der Waals surface area contributed by atoms with Crippen molar-refractivity contribution in [3.05, 3.63) is 49.9 Å². The monoisotopic (exact) mass is 483 g/mol. The van der Waals surface area contributed by atoms with Crippen LogP contribution in [0.15, 0.2) is 24.3 Å². The molecular formula is C18H12Cl4F3N3O. The van der Waals surface area contributed by atoms with Gasteiger partial charge < -0.3 is 14.6 Å². The Hall–Kier alpha value is -1.38. The summed E-state index contributed by atoms with van der Waals surface area (Å²) >= 11 is 24.9. The van der Waals surface area contributed by atoms with E-state index in [1.807, 2.05) is 0 Å². The molecule has 0 saturated carbocycles. The molecule has 0 radical (unpaired) electrons. The van der Waals surface area contributed by atoms with Crippen molar-refractivity contribution in [1.29, 1.82) is 0 Å². The van der Waals surface area contributed by atoms with Gasteiger partial charge in [0.2, 0.25) is 5.95 Å². The number of anilines is 2. The number of hydrogen-bond acceptors (Lipinski definition) is 3. The molecule has 0 aliphatic carbocycles. The van der Waals surface area contributed by atoms with E-state index >= 15 is 0 Å². The minimum Gasteiger partial charge on any atom is -0.379 e. The third-order valence-corrected chi connectivity index (χ3v) is 5.82. The number of aromatic nitrogens is 2. The smallest absolute Gasteiger partial charge is 0.379 e. The van der Waals surface area contributed by atoms with Crippen LogP contribution in [0, 0.1) is 0 Å². The molecule has 1 aliphatic heterocycles. The standard InChI is InChI=1S/C18H12Cl4F3N3O/c19-8-6-11(21)15(12(22)7-8)28-5-1-4-27-14-9(16(29)18(23,24)25)2-3-10(20)13(14)26-17(27)28/h2-3,6-7,16,29H,1,4-5H2. The first-order valence-corrected chi connectivity index (χ1v) is 9.96. The number of aliphatic hydroxyl groups excluding tert-OH is 1. The summed E-state index contributed by atoms with van der Waals surface area (Å²) in [6.07, 6.45) is -6.91. The van der Waals surface area contributed by atoms with E-state index in [0.29, 0.717) is 36.2 Å².